The molecule has 0 aliphatic carbocycles. The molecule has 1 aromatic carbocycles. The second-order valence-corrected chi connectivity index (χ2v) is 6.33. The number of ether oxygens (including phenoxy) is 1. The second-order valence-electron chi connectivity index (χ2n) is 4.32. The van der Waals surface area contributed by atoms with E-state index in [1.807, 2.05) is 0 Å². The maximum Gasteiger partial charge on any atom is 0.341 e. The molecule has 0 amide bonds. The van der Waals surface area contributed by atoms with Gasteiger partial charge in [-0.05, 0) is 30.3 Å². The van der Waals surface area contributed by atoms with Crippen LogP contribution in [0.4, 0.5) is 11.5 Å². The first-order chi connectivity index (χ1) is 9.91. The number of nitrogens with zero attached hydrogens (tertiary/aromatic N) is 1. The predicted molar refractivity (Wildman–Crippen MR) is 78.4 cm³/mol. The van der Waals surface area contributed by atoms with Crippen LogP contribution in [0, 0.1) is 0 Å². The molecule has 0 spiro atoms. The Bertz CT molecular complexity index is 772. The maximum absolute atomic E-state index is 11.7. The van der Waals surface area contributed by atoms with Crippen molar-refractivity contribution in [1.82, 2.24) is 4.98 Å². The van der Waals surface area contributed by atoms with E-state index in [0.717, 1.165) is 6.26 Å². The zero-order valence-corrected chi connectivity index (χ0v) is 12.3. The minimum atomic E-state index is -3.30. The van der Waals surface area contributed by atoms with Crippen molar-refractivity contribution in [3.05, 3.63) is 48.2 Å². The zero-order chi connectivity index (χ0) is 15.5. The molecule has 2 aromatic rings. The summed E-state index contributed by atoms with van der Waals surface area (Å²) in [5.74, 6) is -0.222. The topological polar surface area (TPSA) is 85.4 Å². The van der Waals surface area contributed by atoms with E-state index in [1.54, 1.807) is 24.3 Å². The fourth-order valence-electron chi connectivity index (χ4n) is 1.72. The van der Waals surface area contributed by atoms with Gasteiger partial charge < -0.3 is 10.1 Å². The number of aromatic nitrogens is 1. The molecule has 110 valence electrons. The number of rotatable bonds is 4. The van der Waals surface area contributed by atoms with E-state index in [-0.39, 0.29) is 10.5 Å². The fraction of sp³-hybridized carbons (Fsp3) is 0.143. The standard InChI is InChI=1S/C14H14N2O4S/c1-20-14(17)12-7-4-8-15-13(12)16-10-5-3-6-11(9-10)21(2,18)19/h3-9H,1-2H3,(H,15,16). The summed E-state index contributed by atoms with van der Waals surface area (Å²) >= 11 is 0. The van der Waals surface area contributed by atoms with E-state index in [4.69, 9.17) is 0 Å². The van der Waals surface area contributed by atoms with Gasteiger partial charge in [-0.25, -0.2) is 18.2 Å². The van der Waals surface area contributed by atoms with Gasteiger partial charge in [0, 0.05) is 18.1 Å². The van der Waals surface area contributed by atoms with Crippen molar-refractivity contribution in [2.45, 2.75) is 4.90 Å². The third kappa shape index (κ3) is 3.57. The summed E-state index contributed by atoms with van der Waals surface area (Å²) in [4.78, 5) is 15.9. The van der Waals surface area contributed by atoms with Crippen molar-refractivity contribution in [1.29, 1.82) is 0 Å². The smallest absolute Gasteiger partial charge is 0.341 e. The molecule has 2 rings (SSSR count). The van der Waals surface area contributed by atoms with Crippen LogP contribution in [0.5, 0.6) is 0 Å². The number of hydrogen-bond acceptors (Lipinski definition) is 6. The first-order valence-corrected chi connectivity index (χ1v) is 7.91. The van der Waals surface area contributed by atoms with Crippen molar-refractivity contribution >= 4 is 27.3 Å². The van der Waals surface area contributed by atoms with Crippen molar-refractivity contribution in [3.63, 3.8) is 0 Å². The normalized spacial score (nSPS) is 11.0. The van der Waals surface area contributed by atoms with E-state index < -0.39 is 15.8 Å². The lowest BCUT2D eigenvalue weighted by Crippen LogP contribution is -2.07. The Morgan fingerprint density at radius 3 is 2.67 bits per heavy atom. The van der Waals surface area contributed by atoms with Gasteiger partial charge in [0.15, 0.2) is 9.84 Å². The third-order valence-electron chi connectivity index (χ3n) is 2.74. The fourth-order valence-corrected chi connectivity index (χ4v) is 2.39. The Kier molecular flexibility index (Phi) is 4.23. The van der Waals surface area contributed by atoms with Crippen LogP contribution in [-0.2, 0) is 14.6 Å². The van der Waals surface area contributed by atoms with E-state index in [9.17, 15) is 13.2 Å². The van der Waals surface area contributed by atoms with Crippen LogP contribution in [0.2, 0.25) is 0 Å². The van der Waals surface area contributed by atoms with Crippen LogP contribution in [0.25, 0.3) is 0 Å². The maximum atomic E-state index is 11.7. The largest absolute Gasteiger partial charge is 0.465 e. The summed E-state index contributed by atoms with van der Waals surface area (Å²) in [6, 6.07) is 9.46. The van der Waals surface area contributed by atoms with E-state index in [0.29, 0.717) is 11.5 Å². The summed E-state index contributed by atoms with van der Waals surface area (Å²) in [6.45, 7) is 0. The van der Waals surface area contributed by atoms with Gasteiger partial charge in [-0.1, -0.05) is 6.07 Å². The molecular weight excluding hydrogens is 292 g/mol. The molecule has 0 fully saturated rings. The SMILES string of the molecule is COC(=O)c1cccnc1Nc1cccc(S(C)(=O)=O)c1. The van der Waals surface area contributed by atoms with Gasteiger partial charge in [-0.2, -0.15) is 0 Å². The molecule has 1 aromatic heterocycles. The van der Waals surface area contributed by atoms with Crippen molar-refractivity contribution < 1.29 is 17.9 Å². The van der Waals surface area contributed by atoms with Crippen LogP contribution in [0.3, 0.4) is 0 Å². The summed E-state index contributed by atoms with van der Waals surface area (Å²) in [7, 11) is -2.02. The van der Waals surface area contributed by atoms with E-state index >= 15 is 0 Å². The van der Waals surface area contributed by atoms with E-state index in [1.165, 1.54) is 25.4 Å². The summed E-state index contributed by atoms with van der Waals surface area (Å²) in [6.07, 6.45) is 2.65. The van der Waals surface area contributed by atoms with E-state index in [2.05, 4.69) is 15.0 Å². The number of methoxy groups -OCH3 is 1. The van der Waals surface area contributed by atoms with Crippen molar-refractivity contribution in [3.8, 4) is 0 Å². The molecular formula is C14H14N2O4S. The minimum absolute atomic E-state index is 0.183. The van der Waals surface area contributed by atoms with Gasteiger partial charge in [-0.3, -0.25) is 0 Å². The molecule has 0 saturated heterocycles. The van der Waals surface area contributed by atoms with Crippen LogP contribution in [0.15, 0.2) is 47.5 Å². The Hall–Kier alpha value is -2.41. The highest BCUT2D eigenvalue weighted by Crippen LogP contribution is 2.21. The highest BCUT2D eigenvalue weighted by atomic mass is 32.2. The van der Waals surface area contributed by atoms with Gasteiger partial charge in [0.1, 0.15) is 11.4 Å². The average Bonchev–Trinajstić information content (AvgIpc) is 2.46. The lowest BCUT2D eigenvalue weighted by Gasteiger charge is -2.10. The number of carbonyl (C=O) groups excluding carboxylic acids is 1. The minimum Gasteiger partial charge on any atom is -0.465 e. The van der Waals surface area contributed by atoms with Crippen LogP contribution < -0.4 is 5.32 Å². The zero-order valence-electron chi connectivity index (χ0n) is 11.5. The molecule has 1 N–H and O–H groups in total. The number of benzene rings is 1. The number of esters is 1. The first-order valence-electron chi connectivity index (χ1n) is 6.02. The number of hydrogen-bond donors (Lipinski definition) is 1. The van der Waals surface area contributed by atoms with Gasteiger partial charge in [-0.15, -0.1) is 0 Å². The number of nitrogens with one attached hydrogen (secondary N) is 1. The molecule has 7 heteroatoms. The lowest BCUT2D eigenvalue weighted by molar-refractivity contribution is 0.0601. The third-order valence-corrected chi connectivity index (χ3v) is 3.85. The highest BCUT2D eigenvalue weighted by molar-refractivity contribution is 7.90. The quantitative estimate of drug-likeness (QED) is 0.870. The van der Waals surface area contributed by atoms with Crippen molar-refractivity contribution in [2.24, 2.45) is 0 Å². The molecule has 0 aliphatic rings. The summed E-state index contributed by atoms with van der Waals surface area (Å²) < 4.78 is 27.8. The first kappa shape index (κ1) is 15.0. The molecule has 0 atom stereocenters. The second kappa shape index (κ2) is 5.92. The van der Waals surface area contributed by atoms with Gasteiger partial charge in [0.05, 0.1) is 12.0 Å². The van der Waals surface area contributed by atoms with Gasteiger partial charge in [0.2, 0.25) is 0 Å². The van der Waals surface area contributed by atoms with Crippen molar-refractivity contribution in [2.75, 3.05) is 18.7 Å². The summed E-state index contributed by atoms with van der Waals surface area (Å²) in [5.41, 5.74) is 0.784. The Morgan fingerprint density at radius 2 is 2.00 bits per heavy atom. The lowest BCUT2D eigenvalue weighted by atomic mass is 10.2. The number of pyridine rings is 1. The number of carbonyl (C=O) groups is 1. The molecule has 21 heavy (non-hydrogen) atoms. The number of anilines is 2. The molecule has 0 saturated carbocycles. The Morgan fingerprint density at radius 1 is 1.24 bits per heavy atom. The van der Waals surface area contributed by atoms with Crippen LogP contribution in [-0.4, -0.2) is 32.7 Å². The van der Waals surface area contributed by atoms with Crippen LogP contribution in [0.1, 0.15) is 10.4 Å². The molecule has 1 heterocycles. The number of sulfone groups is 1. The van der Waals surface area contributed by atoms with Gasteiger partial charge in [0.25, 0.3) is 0 Å². The monoisotopic (exact) mass is 306 g/mol. The molecule has 0 radical (unpaired) electrons. The highest BCUT2D eigenvalue weighted by Gasteiger charge is 2.13. The van der Waals surface area contributed by atoms with Gasteiger partial charge >= 0.3 is 5.97 Å². The Labute approximate surface area is 122 Å². The Balaban J connectivity index is 2.37. The summed E-state index contributed by atoms with van der Waals surface area (Å²) in [5, 5.41) is 2.92. The molecule has 0 unspecified atom stereocenters. The molecule has 0 bridgehead atoms. The molecule has 0 aliphatic heterocycles. The predicted octanol–water partition coefficient (Wildman–Crippen LogP) is 2.02. The van der Waals surface area contributed by atoms with Crippen LogP contribution >= 0.6 is 0 Å². The average molecular weight is 306 g/mol. The molecule has 6 nitrogen and oxygen atoms in total.